The lowest BCUT2D eigenvalue weighted by Crippen LogP contribution is -2.39. The molecule has 0 radical (unpaired) electrons. The van der Waals surface area contributed by atoms with Gasteiger partial charge in [0.05, 0.1) is 16.7 Å². The molecule has 2 aliphatic rings. The number of carbonyl (C=O) groups excluding carboxylic acids is 1. The third-order valence-electron chi connectivity index (χ3n) is 5.94. The fourth-order valence-electron chi connectivity index (χ4n) is 4.25. The minimum atomic E-state index is -3.21. The summed E-state index contributed by atoms with van der Waals surface area (Å²) in [6, 6.07) is 6.87. The molecule has 0 unspecified atom stereocenters. The Morgan fingerprint density at radius 1 is 1.04 bits per heavy atom. The first kappa shape index (κ1) is 18.4. The lowest BCUT2D eigenvalue weighted by molar-refractivity contribution is -0.127. The summed E-state index contributed by atoms with van der Waals surface area (Å²) in [5, 5.41) is 3.13. The molecule has 3 rings (SSSR count). The van der Waals surface area contributed by atoms with E-state index in [-0.39, 0.29) is 23.6 Å². The van der Waals surface area contributed by atoms with Crippen LogP contribution in [-0.2, 0) is 14.6 Å². The number of fused-ring (bicyclic) bond motifs is 1. The van der Waals surface area contributed by atoms with Crippen molar-refractivity contribution in [1.82, 2.24) is 5.32 Å². The van der Waals surface area contributed by atoms with E-state index in [2.05, 4.69) is 26.1 Å². The van der Waals surface area contributed by atoms with Crippen molar-refractivity contribution in [1.29, 1.82) is 0 Å². The summed E-state index contributed by atoms with van der Waals surface area (Å²) in [5.74, 6) is 0.930. The van der Waals surface area contributed by atoms with E-state index in [1.807, 2.05) is 12.1 Å². The Bertz CT molecular complexity index is 740. The maximum Gasteiger partial charge on any atom is 0.223 e. The van der Waals surface area contributed by atoms with Gasteiger partial charge in [0.1, 0.15) is 0 Å². The van der Waals surface area contributed by atoms with Gasteiger partial charge in [-0.3, -0.25) is 4.79 Å². The quantitative estimate of drug-likeness (QED) is 0.867. The van der Waals surface area contributed by atoms with Gasteiger partial charge in [-0.15, -0.1) is 0 Å². The number of rotatable bonds is 2. The van der Waals surface area contributed by atoms with Gasteiger partial charge in [0.25, 0.3) is 0 Å². The van der Waals surface area contributed by atoms with Gasteiger partial charge in [0.15, 0.2) is 9.84 Å². The molecule has 0 aromatic heterocycles. The van der Waals surface area contributed by atoms with Crippen LogP contribution in [0.5, 0.6) is 0 Å². The van der Waals surface area contributed by atoms with E-state index in [4.69, 9.17) is 0 Å². The maximum absolute atomic E-state index is 12.7. The van der Waals surface area contributed by atoms with Gasteiger partial charge in [-0.25, -0.2) is 8.42 Å². The minimum absolute atomic E-state index is 0.0595. The molecule has 1 aromatic carbocycles. The first-order valence-electron chi connectivity index (χ1n) is 9.30. The van der Waals surface area contributed by atoms with E-state index in [1.165, 1.54) is 0 Å². The molecule has 4 nitrogen and oxygen atoms in total. The van der Waals surface area contributed by atoms with Crippen molar-refractivity contribution in [2.75, 3.05) is 5.75 Å². The van der Waals surface area contributed by atoms with Crippen LogP contribution in [0.25, 0.3) is 0 Å². The summed E-state index contributed by atoms with van der Waals surface area (Å²) in [5.41, 5.74) is 1.04. The molecule has 1 aliphatic heterocycles. The van der Waals surface area contributed by atoms with Crippen LogP contribution < -0.4 is 5.32 Å². The molecular weight excluding hydrogens is 334 g/mol. The highest BCUT2D eigenvalue weighted by Crippen LogP contribution is 2.40. The Morgan fingerprint density at radius 3 is 2.32 bits per heavy atom. The van der Waals surface area contributed by atoms with Crippen molar-refractivity contribution in [3.05, 3.63) is 29.8 Å². The summed E-state index contributed by atoms with van der Waals surface area (Å²) < 4.78 is 24.4. The molecule has 1 amide bonds. The predicted molar refractivity (Wildman–Crippen MR) is 98.9 cm³/mol. The van der Waals surface area contributed by atoms with Crippen molar-refractivity contribution < 1.29 is 13.2 Å². The molecule has 0 saturated heterocycles. The Hall–Kier alpha value is -1.36. The number of sulfone groups is 1. The van der Waals surface area contributed by atoms with E-state index in [0.717, 1.165) is 31.2 Å². The van der Waals surface area contributed by atoms with E-state index in [1.54, 1.807) is 12.1 Å². The zero-order valence-corrected chi connectivity index (χ0v) is 16.2. The average Bonchev–Trinajstić information content (AvgIpc) is 2.57. The fourth-order valence-corrected chi connectivity index (χ4v) is 5.87. The van der Waals surface area contributed by atoms with Crippen molar-refractivity contribution >= 4 is 15.7 Å². The van der Waals surface area contributed by atoms with E-state index in [0.29, 0.717) is 22.6 Å². The molecular formula is C20H29NO3S. The molecule has 0 spiro atoms. The van der Waals surface area contributed by atoms with Gasteiger partial charge >= 0.3 is 0 Å². The first-order valence-corrected chi connectivity index (χ1v) is 11.0. The number of carbonyl (C=O) groups is 1. The molecule has 1 heterocycles. The van der Waals surface area contributed by atoms with Crippen LogP contribution in [0.3, 0.4) is 0 Å². The molecule has 1 saturated carbocycles. The van der Waals surface area contributed by atoms with Crippen molar-refractivity contribution in [3.8, 4) is 0 Å². The van der Waals surface area contributed by atoms with Crippen LogP contribution in [-0.4, -0.2) is 20.1 Å². The second-order valence-electron chi connectivity index (χ2n) is 8.62. The number of benzene rings is 1. The monoisotopic (exact) mass is 363 g/mol. The van der Waals surface area contributed by atoms with Crippen LogP contribution in [0, 0.1) is 17.3 Å². The number of hydrogen-bond donors (Lipinski definition) is 1. The molecule has 138 valence electrons. The van der Waals surface area contributed by atoms with E-state index in [9.17, 15) is 13.2 Å². The van der Waals surface area contributed by atoms with Gasteiger partial charge in [0, 0.05) is 5.92 Å². The zero-order chi connectivity index (χ0) is 18.2. The standard InChI is InChI=1S/C20H29NO3S/c1-20(2,3)15-10-8-14(9-11-15)19(22)21-17-12-13-25(23,24)18-7-5-4-6-16(17)18/h4-7,14-15,17H,8-13H2,1-3H3,(H,21,22)/t14?,15?,17-/m0/s1. The van der Waals surface area contributed by atoms with Gasteiger partial charge in [-0.05, 0) is 55.1 Å². The highest BCUT2D eigenvalue weighted by Gasteiger charge is 2.35. The van der Waals surface area contributed by atoms with Gasteiger partial charge in [-0.2, -0.15) is 0 Å². The highest BCUT2D eigenvalue weighted by molar-refractivity contribution is 7.91. The van der Waals surface area contributed by atoms with Crippen LogP contribution in [0.4, 0.5) is 0 Å². The third kappa shape index (κ3) is 3.91. The Labute approximate surface area is 151 Å². The van der Waals surface area contributed by atoms with Gasteiger partial charge in [-0.1, -0.05) is 39.0 Å². The number of nitrogens with one attached hydrogen (secondary N) is 1. The molecule has 1 aromatic rings. The topological polar surface area (TPSA) is 63.2 Å². The van der Waals surface area contributed by atoms with Crippen molar-refractivity contribution in [3.63, 3.8) is 0 Å². The molecule has 0 bridgehead atoms. The Balaban J connectivity index is 1.67. The summed E-state index contributed by atoms with van der Waals surface area (Å²) >= 11 is 0. The smallest absolute Gasteiger partial charge is 0.223 e. The van der Waals surface area contributed by atoms with Crippen LogP contribution in [0.1, 0.15) is 64.5 Å². The summed E-state index contributed by atoms with van der Waals surface area (Å²) in [7, 11) is -3.21. The Kier molecular flexibility index (Phi) is 4.97. The van der Waals surface area contributed by atoms with Gasteiger partial charge in [0.2, 0.25) is 5.91 Å². The molecule has 1 fully saturated rings. The molecule has 5 heteroatoms. The second kappa shape index (κ2) is 6.75. The Morgan fingerprint density at radius 2 is 1.68 bits per heavy atom. The SMILES string of the molecule is CC(C)(C)C1CCC(C(=O)N[C@H]2CCS(=O)(=O)c3ccccc32)CC1. The van der Waals surface area contributed by atoms with Crippen LogP contribution >= 0.6 is 0 Å². The average molecular weight is 364 g/mol. The van der Waals surface area contributed by atoms with Crippen molar-refractivity contribution in [2.24, 2.45) is 17.3 Å². The second-order valence-corrected chi connectivity index (χ2v) is 10.7. The summed E-state index contributed by atoms with van der Waals surface area (Å²) in [6.45, 7) is 6.83. The lowest BCUT2D eigenvalue weighted by Gasteiger charge is -2.37. The van der Waals surface area contributed by atoms with Crippen LogP contribution in [0.2, 0.25) is 0 Å². The zero-order valence-electron chi connectivity index (χ0n) is 15.4. The summed E-state index contributed by atoms with van der Waals surface area (Å²) in [6.07, 6.45) is 4.51. The highest BCUT2D eigenvalue weighted by atomic mass is 32.2. The lowest BCUT2D eigenvalue weighted by atomic mass is 9.69. The predicted octanol–water partition coefficient (Wildman–Crippen LogP) is 3.87. The number of hydrogen-bond acceptors (Lipinski definition) is 3. The largest absolute Gasteiger partial charge is 0.349 e. The van der Waals surface area contributed by atoms with E-state index >= 15 is 0 Å². The molecule has 1 N–H and O–H groups in total. The molecule has 1 atom stereocenters. The van der Waals surface area contributed by atoms with Crippen molar-refractivity contribution in [2.45, 2.75) is 63.8 Å². The normalized spacial score (nSPS) is 28.8. The summed E-state index contributed by atoms with van der Waals surface area (Å²) in [4.78, 5) is 13.1. The minimum Gasteiger partial charge on any atom is -0.349 e. The number of amides is 1. The van der Waals surface area contributed by atoms with E-state index < -0.39 is 9.84 Å². The fraction of sp³-hybridized carbons (Fsp3) is 0.650. The molecule has 1 aliphatic carbocycles. The maximum atomic E-state index is 12.7. The van der Waals surface area contributed by atoms with Crippen LogP contribution in [0.15, 0.2) is 29.2 Å². The molecule has 25 heavy (non-hydrogen) atoms. The third-order valence-corrected chi connectivity index (χ3v) is 7.76. The first-order chi connectivity index (χ1) is 11.7. The van der Waals surface area contributed by atoms with Gasteiger partial charge < -0.3 is 5.32 Å².